The molecular weight excluding hydrogens is 372 g/mol. The molecule has 0 aromatic carbocycles. The Morgan fingerprint density at radius 2 is 2.03 bits per heavy atom. The Morgan fingerprint density at radius 3 is 2.76 bits per heavy atom. The number of anilines is 1. The van der Waals surface area contributed by atoms with Gasteiger partial charge in [-0.1, -0.05) is 6.07 Å². The van der Waals surface area contributed by atoms with Gasteiger partial charge in [0.1, 0.15) is 17.3 Å². The van der Waals surface area contributed by atoms with Gasteiger partial charge >= 0.3 is 0 Å². The fraction of sp³-hybridized carbons (Fsp3) is 0.211. The van der Waals surface area contributed by atoms with Crippen molar-refractivity contribution in [2.75, 3.05) is 31.2 Å². The van der Waals surface area contributed by atoms with E-state index >= 15 is 0 Å². The number of nitrogens with two attached hydrogens (primary N) is 2. The van der Waals surface area contributed by atoms with Crippen molar-refractivity contribution in [2.45, 2.75) is 0 Å². The van der Waals surface area contributed by atoms with Crippen LogP contribution in [0.2, 0.25) is 0 Å². The number of pyridine rings is 2. The van der Waals surface area contributed by atoms with Gasteiger partial charge in [-0.25, -0.2) is 4.98 Å². The van der Waals surface area contributed by atoms with Crippen molar-refractivity contribution in [3.8, 4) is 11.1 Å². The number of nitrogens with zero attached hydrogens (tertiary/aromatic N) is 5. The molecule has 4 heterocycles. The van der Waals surface area contributed by atoms with Gasteiger partial charge in [0.25, 0.3) is 5.91 Å². The third-order valence-corrected chi connectivity index (χ3v) is 4.69. The Bertz CT molecular complexity index is 1110. The summed E-state index contributed by atoms with van der Waals surface area (Å²) in [7, 11) is 0. The summed E-state index contributed by atoms with van der Waals surface area (Å²) in [5.74, 6) is 0.349. The predicted molar refractivity (Wildman–Crippen MR) is 110 cm³/mol. The topological polar surface area (TPSA) is 149 Å². The fourth-order valence-corrected chi connectivity index (χ4v) is 3.33. The zero-order valence-corrected chi connectivity index (χ0v) is 15.6. The van der Waals surface area contributed by atoms with Crippen LogP contribution in [0.1, 0.15) is 10.5 Å². The minimum atomic E-state index is -0.617. The summed E-state index contributed by atoms with van der Waals surface area (Å²) >= 11 is 0. The van der Waals surface area contributed by atoms with Crippen LogP contribution in [0.15, 0.2) is 36.7 Å². The number of allylic oxidation sites excluding steroid dienone is 1. The largest absolute Gasteiger partial charge is 0.384 e. The summed E-state index contributed by atoms with van der Waals surface area (Å²) in [6.45, 7) is 2.58. The smallest absolute Gasteiger partial charge is 0.267 e. The molecule has 0 unspecified atom stereocenters. The molecule has 1 fully saturated rings. The Kier molecular flexibility index (Phi) is 4.92. The lowest BCUT2D eigenvalue weighted by atomic mass is 10.0. The number of ether oxygens (including phenoxy) is 1. The van der Waals surface area contributed by atoms with Crippen molar-refractivity contribution in [3.05, 3.63) is 42.4 Å². The molecule has 0 saturated carbocycles. The number of hydrogen-bond acceptors (Lipinski definition) is 8. The highest BCUT2D eigenvalue weighted by molar-refractivity contribution is 6.03. The molecule has 4 rings (SSSR count). The molecule has 0 spiro atoms. The third kappa shape index (κ3) is 3.41. The van der Waals surface area contributed by atoms with Gasteiger partial charge in [-0.2, -0.15) is 9.78 Å². The SMILES string of the molecule is N=C/C=C(\N)n1ncc2c(-c3cccnc3C(N)=O)cc(N3CCOCC3)nc21. The van der Waals surface area contributed by atoms with E-state index in [4.69, 9.17) is 26.6 Å². The van der Waals surface area contributed by atoms with E-state index in [2.05, 4.69) is 15.0 Å². The van der Waals surface area contributed by atoms with Crippen molar-refractivity contribution in [3.63, 3.8) is 0 Å². The summed E-state index contributed by atoms with van der Waals surface area (Å²) in [5, 5.41) is 12.3. The third-order valence-electron chi connectivity index (χ3n) is 4.69. The molecule has 5 N–H and O–H groups in total. The summed E-state index contributed by atoms with van der Waals surface area (Å²) in [6.07, 6.45) is 5.66. The number of amides is 1. The summed E-state index contributed by atoms with van der Waals surface area (Å²) in [4.78, 5) is 23.0. The Balaban J connectivity index is 1.99. The van der Waals surface area contributed by atoms with Crippen LogP contribution in [0.5, 0.6) is 0 Å². The molecule has 29 heavy (non-hydrogen) atoms. The normalized spacial score (nSPS) is 14.9. The van der Waals surface area contributed by atoms with Crippen LogP contribution in [-0.4, -0.2) is 58.2 Å². The summed E-state index contributed by atoms with van der Waals surface area (Å²) in [5.41, 5.74) is 13.6. The maximum atomic E-state index is 12.0. The van der Waals surface area contributed by atoms with Gasteiger partial charge < -0.3 is 26.5 Å². The van der Waals surface area contributed by atoms with E-state index in [0.29, 0.717) is 48.7 Å². The monoisotopic (exact) mass is 392 g/mol. The first-order chi connectivity index (χ1) is 14.1. The molecule has 10 nitrogen and oxygen atoms in total. The number of morpholine rings is 1. The Labute approximate surface area is 166 Å². The first-order valence-electron chi connectivity index (χ1n) is 9.03. The fourth-order valence-electron chi connectivity index (χ4n) is 3.33. The van der Waals surface area contributed by atoms with Crippen molar-refractivity contribution >= 4 is 34.8 Å². The highest BCUT2D eigenvalue weighted by atomic mass is 16.5. The number of nitrogens with one attached hydrogen (secondary N) is 1. The molecule has 1 aliphatic heterocycles. The van der Waals surface area contributed by atoms with E-state index in [0.717, 1.165) is 11.8 Å². The van der Waals surface area contributed by atoms with Crippen LogP contribution < -0.4 is 16.4 Å². The highest BCUT2D eigenvalue weighted by Gasteiger charge is 2.21. The van der Waals surface area contributed by atoms with E-state index in [1.807, 2.05) is 6.07 Å². The highest BCUT2D eigenvalue weighted by Crippen LogP contribution is 2.33. The van der Waals surface area contributed by atoms with Gasteiger partial charge in [0, 0.05) is 42.0 Å². The second-order valence-electron chi connectivity index (χ2n) is 6.44. The molecule has 0 aliphatic carbocycles. The van der Waals surface area contributed by atoms with E-state index in [9.17, 15) is 4.79 Å². The standard InChI is InChI=1S/C19H20N8O2/c20-4-3-15(21)27-19-14(11-24-27)13(12-2-1-5-23-17(12)18(22)28)10-16(25-19)26-6-8-29-9-7-26/h1-5,10-11,20H,6-9,21H2,(H2,22,28)/b15-3+,20-4?. The first kappa shape index (κ1) is 18.6. The van der Waals surface area contributed by atoms with Gasteiger partial charge in [-0.3, -0.25) is 9.78 Å². The lowest BCUT2D eigenvalue weighted by Gasteiger charge is -2.28. The molecule has 3 aromatic heterocycles. The van der Waals surface area contributed by atoms with E-state index in [1.54, 1.807) is 18.3 Å². The molecule has 10 heteroatoms. The first-order valence-corrected chi connectivity index (χ1v) is 9.03. The van der Waals surface area contributed by atoms with Crippen molar-refractivity contribution < 1.29 is 9.53 Å². The van der Waals surface area contributed by atoms with Gasteiger partial charge in [0.05, 0.1) is 19.4 Å². The van der Waals surface area contributed by atoms with E-state index in [-0.39, 0.29) is 11.5 Å². The van der Waals surface area contributed by atoms with Gasteiger partial charge in [0.2, 0.25) is 0 Å². The molecule has 1 saturated heterocycles. The Hall–Kier alpha value is -3.79. The number of rotatable bonds is 5. The Morgan fingerprint density at radius 1 is 1.24 bits per heavy atom. The second kappa shape index (κ2) is 7.68. The summed E-state index contributed by atoms with van der Waals surface area (Å²) in [6, 6.07) is 5.44. The number of carbonyl (C=O) groups excluding carboxylic acids is 1. The summed E-state index contributed by atoms with van der Waals surface area (Å²) < 4.78 is 6.91. The van der Waals surface area contributed by atoms with Crippen molar-refractivity contribution in [1.82, 2.24) is 19.7 Å². The minimum Gasteiger partial charge on any atom is -0.384 e. The molecular formula is C19H20N8O2. The molecule has 0 radical (unpaired) electrons. The lowest BCUT2D eigenvalue weighted by Crippen LogP contribution is -2.36. The van der Waals surface area contributed by atoms with Crippen LogP contribution in [0.25, 0.3) is 28.0 Å². The van der Waals surface area contributed by atoms with Crippen LogP contribution >= 0.6 is 0 Å². The average Bonchev–Trinajstić information content (AvgIpc) is 3.18. The molecule has 148 valence electrons. The second-order valence-corrected chi connectivity index (χ2v) is 6.44. The van der Waals surface area contributed by atoms with E-state index < -0.39 is 5.91 Å². The number of hydrogen-bond donors (Lipinski definition) is 3. The number of primary amides is 1. The number of fused-ring (bicyclic) bond motifs is 1. The number of carbonyl (C=O) groups is 1. The van der Waals surface area contributed by atoms with Gasteiger partial charge in [-0.05, 0) is 18.2 Å². The zero-order chi connectivity index (χ0) is 20.4. The van der Waals surface area contributed by atoms with Crippen LogP contribution in [0.3, 0.4) is 0 Å². The molecule has 0 bridgehead atoms. The number of aromatic nitrogens is 4. The average molecular weight is 392 g/mol. The predicted octanol–water partition coefficient (Wildman–Crippen LogP) is 0.835. The van der Waals surface area contributed by atoms with Crippen LogP contribution in [0, 0.1) is 5.41 Å². The zero-order valence-electron chi connectivity index (χ0n) is 15.6. The van der Waals surface area contributed by atoms with Crippen molar-refractivity contribution in [1.29, 1.82) is 5.41 Å². The quantitative estimate of drug-likeness (QED) is 0.545. The van der Waals surface area contributed by atoms with Crippen molar-refractivity contribution in [2.24, 2.45) is 11.5 Å². The molecule has 1 aliphatic rings. The molecule has 1 amide bonds. The lowest BCUT2D eigenvalue weighted by molar-refractivity contribution is 0.0996. The molecule has 0 atom stereocenters. The van der Waals surface area contributed by atoms with Crippen LogP contribution in [0.4, 0.5) is 5.82 Å². The minimum absolute atomic E-state index is 0.170. The maximum Gasteiger partial charge on any atom is 0.267 e. The van der Waals surface area contributed by atoms with E-state index in [1.165, 1.54) is 17.0 Å². The van der Waals surface area contributed by atoms with Gasteiger partial charge in [0.15, 0.2) is 5.65 Å². The van der Waals surface area contributed by atoms with Crippen LogP contribution in [-0.2, 0) is 4.74 Å². The van der Waals surface area contributed by atoms with Gasteiger partial charge in [-0.15, -0.1) is 0 Å². The maximum absolute atomic E-state index is 12.0. The molecule has 3 aromatic rings.